The molecular weight excluding hydrogens is 324 g/mol. The van der Waals surface area contributed by atoms with Gasteiger partial charge in [-0.3, -0.25) is 4.79 Å². The van der Waals surface area contributed by atoms with Crippen molar-refractivity contribution < 1.29 is 19.1 Å². The topological polar surface area (TPSA) is 101 Å². The van der Waals surface area contributed by atoms with Gasteiger partial charge in [0.25, 0.3) is 0 Å². The summed E-state index contributed by atoms with van der Waals surface area (Å²) in [6.07, 6.45) is 1.97. The van der Waals surface area contributed by atoms with Crippen molar-refractivity contribution in [2.75, 3.05) is 7.05 Å². The first kappa shape index (κ1) is 16.7. The Hall–Kier alpha value is -3.16. The van der Waals surface area contributed by atoms with Crippen LogP contribution in [0.5, 0.6) is 0 Å². The number of hydrogen-bond acceptors (Lipinski definition) is 5. The second kappa shape index (κ2) is 6.76. The third-order valence-electron chi connectivity index (χ3n) is 3.98. The van der Waals surface area contributed by atoms with Crippen LogP contribution in [-0.4, -0.2) is 43.9 Å². The maximum Gasteiger partial charge on any atom is 0.358 e. The van der Waals surface area contributed by atoms with Crippen LogP contribution in [0.4, 0.5) is 0 Å². The molecule has 0 aliphatic carbocycles. The van der Waals surface area contributed by atoms with Crippen LogP contribution in [0.15, 0.2) is 34.9 Å². The van der Waals surface area contributed by atoms with Crippen molar-refractivity contribution in [3.05, 3.63) is 47.5 Å². The molecule has 1 N–H and O–H groups in total. The lowest BCUT2D eigenvalue weighted by Gasteiger charge is -2.17. The fourth-order valence-corrected chi connectivity index (χ4v) is 2.67. The molecule has 0 fully saturated rings. The zero-order chi connectivity index (χ0) is 18.0. The molecule has 0 radical (unpaired) electrons. The molecule has 0 saturated carbocycles. The summed E-state index contributed by atoms with van der Waals surface area (Å²) in [4.78, 5) is 24.8. The first-order valence-electron chi connectivity index (χ1n) is 7.86. The summed E-state index contributed by atoms with van der Waals surface area (Å²) in [5.41, 5.74) is 1.60. The van der Waals surface area contributed by atoms with E-state index in [1.54, 1.807) is 11.9 Å². The highest BCUT2D eigenvalue weighted by Gasteiger charge is 2.18. The van der Waals surface area contributed by atoms with E-state index >= 15 is 0 Å². The molecule has 2 heterocycles. The van der Waals surface area contributed by atoms with Crippen molar-refractivity contribution in [1.82, 2.24) is 19.9 Å². The van der Waals surface area contributed by atoms with Gasteiger partial charge in [-0.25, -0.2) is 9.48 Å². The number of carboxylic acids is 1. The normalized spacial score (nSPS) is 11.0. The number of hydrogen-bond donors (Lipinski definition) is 1. The largest absolute Gasteiger partial charge is 0.476 e. The summed E-state index contributed by atoms with van der Waals surface area (Å²) in [5.74, 6) is -0.520. The fraction of sp³-hybridized carbons (Fsp3) is 0.294. The molecule has 1 amide bonds. The fourth-order valence-electron chi connectivity index (χ4n) is 2.67. The Bertz CT molecular complexity index is 928. The Labute approximate surface area is 143 Å². The van der Waals surface area contributed by atoms with E-state index in [9.17, 15) is 9.59 Å². The number of amides is 1. The SMILES string of the molecule is CCc1oc2ccccc2c1CN(C)C(=O)Cn1cc(C(=O)O)nn1. The summed E-state index contributed by atoms with van der Waals surface area (Å²) in [7, 11) is 1.69. The van der Waals surface area contributed by atoms with Gasteiger partial charge in [-0.2, -0.15) is 0 Å². The zero-order valence-corrected chi connectivity index (χ0v) is 14.0. The molecule has 0 aliphatic heterocycles. The number of likely N-dealkylation sites (N-methyl/N-ethyl adjacent to an activating group) is 1. The molecule has 0 unspecified atom stereocenters. The smallest absolute Gasteiger partial charge is 0.358 e. The number of para-hydroxylation sites is 1. The molecule has 8 nitrogen and oxygen atoms in total. The van der Waals surface area contributed by atoms with E-state index in [1.807, 2.05) is 31.2 Å². The quantitative estimate of drug-likeness (QED) is 0.734. The van der Waals surface area contributed by atoms with E-state index in [4.69, 9.17) is 9.52 Å². The average Bonchev–Trinajstić information content (AvgIpc) is 3.20. The van der Waals surface area contributed by atoms with E-state index in [1.165, 1.54) is 10.9 Å². The first-order chi connectivity index (χ1) is 12.0. The van der Waals surface area contributed by atoms with Crippen LogP contribution < -0.4 is 0 Å². The Morgan fingerprint density at radius 2 is 2.08 bits per heavy atom. The maximum absolute atomic E-state index is 12.4. The molecule has 3 aromatic rings. The van der Waals surface area contributed by atoms with E-state index in [0.29, 0.717) is 6.54 Å². The van der Waals surface area contributed by atoms with Crippen molar-refractivity contribution >= 4 is 22.8 Å². The Balaban J connectivity index is 1.76. The van der Waals surface area contributed by atoms with Gasteiger partial charge in [0.15, 0.2) is 5.69 Å². The lowest BCUT2D eigenvalue weighted by molar-refractivity contribution is -0.131. The van der Waals surface area contributed by atoms with Gasteiger partial charge in [-0.15, -0.1) is 5.10 Å². The van der Waals surface area contributed by atoms with Crippen LogP contribution in [0.25, 0.3) is 11.0 Å². The lowest BCUT2D eigenvalue weighted by Crippen LogP contribution is -2.30. The number of aromatic nitrogens is 3. The molecular formula is C17H18N4O4. The van der Waals surface area contributed by atoms with Gasteiger partial charge in [0.05, 0.1) is 6.20 Å². The third kappa shape index (κ3) is 3.37. The number of aryl methyl sites for hydroxylation is 1. The minimum Gasteiger partial charge on any atom is -0.476 e. The number of carbonyl (C=O) groups excluding carboxylic acids is 1. The molecule has 0 spiro atoms. The number of benzene rings is 1. The molecule has 2 aromatic heterocycles. The number of carboxylic acid groups (broad SMARTS) is 1. The Morgan fingerprint density at radius 3 is 2.76 bits per heavy atom. The van der Waals surface area contributed by atoms with Gasteiger partial charge in [0.1, 0.15) is 17.9 Å². The maximum atomic E-state index is 12.4. The van der Waals surface area contributed by atoms with Crippen molar-refractivity contribution in [2.45, 2.75) is 26.4 Å². The lowest BCUT2D eigenvalue weighted by atomic mass is 10.1. The van der Waals surface area contributed by atoms with Gasteiger partial charge in [0.2, 0.25) is 5.91 Å². The Morgan fingerprint density at radius 1 is 1.32 bits per heavy atom. The molecule has 3 rings (SSSR count). The molecule has 1 aromatic carbocycles. The van der Waals surface area contributed by atoms with Crippen molar-refractivity contribution in [2.24, 2.45) is 0 Å². The second-order valence-corrected chi connectivity index (χ2v) is 5.71. The van der Waals surface area contributed by atoms with Crippen LogP contribution in [0.1, 0.15) is 28.7 Å². The second-order valence-electron chi connectivity index (χ2n) is 5.71. The summed E-state index contributed by atoms with van der Waals surface area (Å²) < 4.78 is 7.06. The first-order valence-corrected chi connectivity index (χ1v) is 7.86. The number of carbonyl (C=O) groups is 2. The number of furan rings is 1. The van der Waals surface area contributed by atoms with Crippen LogP contribution in [0.2, 0.25) is 0 Å². The number of fused-ring (bicyclic) bond motifs is 1. The van der Waals surface area contributed by atoms with Crippen LogP contribution in [0, 0.1) is 0 Å². The minimum absolute atomic E-state index is 0.0754. The van der Waals surface area contributed by atoms with Gasteiger partial charge < -0.3 is 14.4 Å². The van der Waals surface area contributed by atoms with Crippen LogP contribution in [0.3, 0.4) is 0 Å². The third-order valence-corrected chi connectivity index (χ3v) is 3.98. The van der Waals surface area contributed by atoms with Crippen molar-refractivity contribution in [1.29, 1.82) is 0 Å². The standard InChI is InChI=1S/C17H18N4O4/c1-3-14-12(11-6-4-5-7-15(11)25-14)8-20(2)16(22)10-21-9-13(17(23)24)18-19-21/h4-7,9H,3,8,10H2,1-2H3,(H,23,24). The van der Waals surface area contributed by atoms with Gasteiger partial charge in [0, 0.05) is 31.0 Å². The summed E-state index contributed by atoms with van der Waals surface area (Å²) in [6.45, 7) is 2.33. The predicted octanol–water partition coefficient (Wildman–Crippen LogP) is 1.94. The minimum atomic E-state index is -1.18. The molecule has 0 atom stereocenters. The van der Waals surface area contributed by atoms with E-state index in [0.717, 1.165) is 28.7 Å². The molecule has 25 heavy (non-hydrogen) atoms. The zero-order valence-electron chi connectivity index (χ0n) is 14.0. The van der Waals surface area contributed by atoms with Gasteiger partial charge in [-0.05, 0) is 6.07 Å². The van der Waals surface area contributed by atoms with E-state index < -0.39 is 5.97 Å². The summed E-state index contributed by atoms with van der Waals surface area (Å²) in [6, 6.07) is 7.73. The van der Waals surface area contributed by atoms with Gasteiger partial charge >= 0.3 is 5.97 Å². The van der Waals surface area contributed by atoms with E-state index in [-0.39, 0.29) is 18.1 Å². The molecule has 8 heteroatoms. The molecule has 130 valence electrons. The molecule has 0 saturated heterocycles. The number of nitrogens with zero attached hydrogens (tertiary/aromatic N) is 4. The molecule has 0 bridgehead atoms. The van der Waals surface area contributed by atoms with Gasteiger partial charge in [-0.1, -0.05) is 30.3 Å². The summed E-state index contributed by atoms with van der Waals surface area (Å²) >= 11 is 0. The van der Waals surface area contributed by atoms with Crippen LogP contribution in [-0.2, 0) is 24.3 Å². The van der Waals surface area contributed by atoms with Crippen LogP contribution >= 0.6 is 0 Å². The highest BCUT2D eigenvalue weighted by molar-refractivity contribution is 5.85. The number of rotatable bonds is 6. The monoisotopic (exact) mass is 342 g/mol. The van der Waals surface area contributed by atoms with Crippen molar-refractivity contribution in [3.63, 3.8) is 0 Å². The molecule has 0 aliphatic rings. The number of aromatic carboxylic acids is 1. The van der Waals surface area contributed by atoms with Crippen molar-refractivity contribution in [3.8, 4) is 0 Å². The van der Waals surface area contributed by atoms with E-state index in [2.05, 4.69) is 10.3 Å². The predicted molar refractivity (Wildman–Crippen MR) is 89.0 cm³/mol. The average molecular weight is 342 g/mol. The highest BCUT2D eigenvalue weighted by Crippen LogP contribution is 2.27. The highest BCUT2D eigenvalue weighted by atomic mass is 16.4. The Kier molecular flexibility index (Phi) is 4.51. The summed E-state index contributed by atoms with van der Waals surface area (Å²) in [5, 5.41) is 17.0.